The highest BCUT2D eigenvalue weighted by molar-refractivity contribution is 7.99. The highest BCUT2D eigenvalue weighted by Crippen LogP contribution is 2.44. The molecule has 4 rings (SSSR count). The third kappa shape index (κ3) is 2.22. The van der Waals surface area contributed by atoms with E-state index in [2.05, 4.69) is 14.8 Å². The van der Waals surface area contributed by atoms with Gasteiger partial charge in [0.1, 0.15) is 11.9 Å². The average Bonchev–Trinajstić information content (AvgIpc) is 3.30. The second kappa shape index (κ2) is 4.46. The van der Waals surface area contributed by atoms with Crippen molar-refractivity contribution in [3.63, 3.8) is 0 Å². The first-order valence-electron chi connectivity index (χ1n) is 7.18. The van der Waals surface area contributed by atoms with Crippen molar-refractivity contribution in [2.45, 2.75) is 42.5 Å². The number of amides is 1. The molecule has 20 heavy (non-hydrogen) atoms. The average molecular weight is 294 g/mol. The van der Waals surface area contributed by atoms with Crippen molar-refractivity contribution in [1.82, 2.24) is 19.7 Å². The van der Waals surface area contributed by atoms with Gasteiger partial charge in [0.25, 0.3) is 0 Å². The van der Waals surface area contributed by atoms with E-state index >= 15 is 0 Å². The molecule has 0 aromatic carbocycles. The van der Waals surface area contributed by atoms with Crippen LogP contribution in [0.25, 0.3) is 0 Å². The Morgan fingerprint density at radius 1 is 1.40 bits per heavy atom. The monoisotopic (exact) mass is 294 g/mol. The topological polar surface area (TPSA) is 71.2 Å². The van der Waals surface area contributed by atoms with E-state index in [0.29, 0.717) is 30.8 Å². The van der Waals surface area contributed by atoms with Gasteiger partial charge in [0.05, 0.1) is 18.8 Å². The Bertz CT molecular complexity index is 532. The zero-order valence-electron chi connectivity index (χ0n) is 11.2. The molecule has 0 bridgehead atoms. The van der Waals surface area contributed by atoms with Gasteiger partial charge in [0.2, 0.25) is 5.91 Å². The summed E-state index contributed by atoms with van der Waals surface area (Å²) in [5.41, 5.74) is -0.589. The molecule has 0 radical (unpaired) electrons. The van der Waals surface area contributed by atoms with Gasteiger partial charge in [-0.1, -0.05) is 11.8 Å². The lowest BCUT2D eigenvalue weighted by Gasteiger charge is -2.47. The van der Waals surface area contributed by atoms with Crippen molar-refractivity contribution in [3.05, 3.63) is 6.33 Å². The Hall–Kier alpha value is -1.08. The molecule has 2 saturated carbocycles. The number of rotatable bonds is 5. The van der Waals surface area contributed by atoms with Crippen LogP contribution < -0.4 is 0 Å². The van der Waals surface area contributed by atoms with Crippen LogP contribution in [0.4, 0.5) is 0 Å². The molecule has 1 amide bonds. The summed E-state index contributed by atoms with van der Waals surface area (Å²) >= 11 is 1.45. The van der Waals surface area contributed by atoms with Gasteiger partial charge in [0, 0.05) is 6.04 Å². The smallest absolute Gasteiger partial charge is 0.233 e. The summed E-state index contributed by atoms with van der Waals surface area (Å²) < 4.78 is 2.06. The molecular formula is C13H18N4O2S. The summed E-state index contributed by atoms with van der Waals surface area (Å²) in [7, 11) is 0. The van der Waals surface area contributed by atoms with Crippen LogP contribution in [0.1, 0.15) is 31.7 Å². The van der Waals surface area contributed by atoms with Crippen molar-refractivity contribution >= 4 is 17.7 Å². The van der Waals surface area contributed by atoms with Crippen LogP contribution in [0, 0.1) is 5.92 Å². The first-order valence-corrected chi connectivity index (χ1v) is 8.17. The number of aromatic nitrogens is 3. The number of carbonyl (C=O) groups is 1. The van der Waals surface area contributed by atoms with Gasteiger partial charge in [-0.2, -0.15) is 0 Å². The molecule has 108 valence electrons. The van der Waals surface area contributed by atoms with Gasteiger partial charge < -0.3 is 14.6 Å². The normalized spacial score (nSPS) is 24.6. The molecule has 6 nitrogen and oxygen atoms in total. The number of hydrogen-bond acceptors (Lipinski definition) is 5. The molecule has 2 aliphatic carbocycles. The Morgan fingerprint density at radius 3 is 2.80 bits per heavy atom. The Morgan fingerprint density at radius 2 is 2.15 bits per heavy atom. The van der Waals surface area contributed by atoms with Crippen LogP contribution in [-0.4, -0.2) is 55.1 Å². The quantitative estimate of drug-likeness (QED) is 0.809. The Balaban J connectivity index is 1.29. The maximum absolute atomic E-state index is 12.1. The summed E-state index contributed by atoms with van der Waals surface area (Å²) in [6.07, 6.45) is 6.33. The standard InChI is InChI=1S/C13H18N4O2S/c18-11(16-6-13(19,7-16)9-1-2-9)5-20-12-15-14-8-17(12)10-3-4-10/h8-10,19H,1-7H2. The predicted molar refractivity (Wildman–Crippen MR) is 73.3 cm³/mol. The van der Waals surface area contributed by atoms with Crippen LogP contribution in [0.15, 0.2) is 11.5 Å². The first-order chi connectivity index (χ1) is 9.66. The minimum atomic E-state index is -0.589. The SMILES string of the molecule is O=C(CSc1nncn1C1CC1)N1CC(O)(C2CC2)C1. The van der Waals surface area contributed by atoms with Gasteiger partial charge in [-0.15, -0.1) is 10.2 Å². The van der Waals surface area contributed by atoms with E-state index in [-0.39, 0.29) is 5.91 Å². The van der Waals surface area contributed by atoms with Gasteiger partial charge in [-0.25, -0.2) is 0 Å². The number of carbonyl (C=O) groups excluding carboxylic acids is 1. The summed E-state index contributed by atoms with van der Waals surface area (Å²) in [5, 5.41) is 19.0. The van der Waals surface area contributed by atoms with Crippen LogP contribution in [0.3, 0.4) is 0 Å². The molecule has 7 heteroatoms. The lowest BCUT2D eigenvalue weighted by Crippen LogP contribution is -2.65. The molecule has 2 heterocycles. The van der Waals surface area contributed by atoms with Gasteiger partial charge >= 0.3 is 0 Å². The number of β-amino-alcohol motifs (C(OH)–C–C–N with tert-alkyl or cyclic N) is 1. The summed E-state index contributed by atoms with van der Waals surface area (Å²) in [6, 6.07) is 0.534. The van der Waals surface area contributed by atoms with E-state index in [1.165, 1.54) is 24.6 Å². The summed E-state index contributed by atoms with van der Waals surface area (Å²) in [5.74, 6) is 0.898. The minimum absolute atomic E-state index is 0.0886. The van der Waals surface area contributed by atoms with Crippen molar-refractivity contribution in [1.29, 1.82) is 0 Å². The summed E-state index contributed by atoms with van der Waals surface area (Å²) in [6.45, 7) is 1.01. The van der Waals surface area contributed by atoms with Gasteiger partial charge in [-0.05, 0) is 31.6 Å². The lowest BCUT2D eigenvalue weighted by atomic mass is 9.89. The molecule has 0 unspecified atom stereocenters. The number of hydrogen-bond donors (Lipinski definition) is 1. The summed E-state index contributed by atoms with van der Waals surface area (Å²) in [4.78, 5) is 13.8. The first kappa shape index (κ1) is 12.6. The van der Waals surface area contributed by atoms with E-state index in [1.807, 2.05) is 0 Å². The van der Waals surface area contributed by atoms with E-state index < -0.39 is 5.60 Å². The highest BCUT2D eigenvalue weighted by Gasteiger charge is 2.53. The lowest BCUT2D eigenvalue weighted by molar-refractivity contribution is -0.156. The van der Waals surface area contributed by atoms with Crippen molar-refractivity contribution in [3.8, 4) is 0 Å². The minimum Gasteiger partial charge on any atom is -0.386 e. The third-order valence-corrected chi connectivity index (χ3v) is 5.37. The molecule has 1 N–H and O–H groups in total. The van der Waals surface area contributed by atoms with Crippen LogP contribution in [0.2, 0.25) is 0 Å². The molecule has 1 aliphatic heterocycles. The van der Waals surface area contributed by atoms with Crippen LogP contribution in [-0.2, 0) is 4.79 Å². The zero-order valence-corrected chi connectivity index (χ0v) is 12.1. The second-order valence-corrected chi connectivity index (χ2v) is 7.11. The Labute approximate surface area is 121 Å². The Kier molecular flexibility index (Phi) is 2.82. The molecule has 3 aliphatic rings. The van der Waals surface area contributed by atoms with Crippen molar-refractivity contribution in [2.24, 2.45) is 5.92 Å². The molecule has 0 atom stereocenters. The predicted octanol–water partition coefficient (Wildman–Crippen LogP) is 0.688. The largest absolute Gasteiger partial charge is 0.386 e. The number of aliphatic hydroxyl groups is 1. The molecular weight excluding hydrogens is 276 g/mol. The highest BCUT2D eigenvalue weighted by atomic mass is 32.2. The third-order valence-electron chi connectivity index (χ3n) is 4.42. The maximum Gasteiger partial charge on any atom is 0.233 e. The van der Waals surface area contributed by atoms with E-state index in [1.54, 1.807) is 11.2 Å². The number of nitrogens with zero attached hydrogens (tertiary/aromatic N) is 4. The van der Waals surface area contributed by atoms with Crippen molar-refractivity contribution < 1.29 is 9.90 Å². The maximum atomic E-state index is 12.1. The molecule has 1 aromatic heterocycles. The van der Waals surface area contributed by atoms with Gasteiger partial charge in [0.15, 0.2) is 5.16 Å². The van der Waals surface area contributed by atoms with E-state index in [9.17, 15) is 9.90 Å². The fourth-order valence-electron chi connectivity index (χ4n) is 2.83. The fourth-order valence-corrected chi connectivity index (χ4v) is 3.71. The fraction of sp³-hybridized carbons (Fsp3) is 0.769. The van der Waals surface area contributed by atoms with Crippen LogP contribution >= 0.6 is 11.8 Å². The number of likely N-dealkylation sites (tertiary alicyclic amines) is 1. The molecule has 1 saturated heterocycles. The van der Waals surface area contributed by atoms with E-state index in [0.717, 1.165) is 18.0 Å². The molecule has 3 fully saturated rings. The van der Waals surface area contributed by atoms with E-state index in [4.69, 9.17) is 0 Å². The molecule has 0 spiro atoms. The number of thioether (sulfide) groups is 1. The van der Waals surface area contributed by atoms with Crippen LogP contribution in [0.5, 0.6) is 0 Å². The van der Waals surface area contributed by atoms with Crippen molar-refractivity contribution in [2.75, 3.05) is 18.8 Å². The zero-order chi connectivity index (χ0) is 13.7. The second-order valence-electron chi connectivity index (χ2n) is 6.17. The molecule has 1 aromatic rings. The van der Waals surface area contributed by atoms with Gasteiger partial charge in [-0.3, -0.25) is 4.79 Å².